The van der Waals surface area contributed by atoms with E-state index in [1.165, 1.54) is 0 Å². The van der Waals surface area contributed by atoms with Crippen LogP contribution in [0.1, 0.15) is 13.0 Å². The van der Waals surface area contributed by atoms with Crippen LogP contribution in [0.3, 0.4) is 0 Å². The minimum atomic E-state index is -0.793. The number of carbonyl (C=O) groups excluding carboxylic acids is 1. The van der Waals surface area contributed by atoms with Crippen LogP contribution < -0.4 is 10.9 Å². The van der Waals surface area contributed by atoms with E-state index in [0.29, 0.717) is 16.6 Å². The lowest BCUT2D eigenvalue weighted by Gasteiger charge is -2.14. The van der Waals surface area contributed by atoms with E-state index in [9.17, 15) is 9.59 Å². The van der Waals surface area contributed by atoms with Crippen molar-refractivity contribution in [2.24, 2.45) is 0 Å². The van der Waals surface area contributed by atoms with Gasteiger partial charge < -0.3 is 10.3 Å². The summed E-state index contributed by atoms with van der Waals surface area (Å²) < 4.78 is 1.11. The van der Waals surface area contributed by atoms with Crippen LogP contribution in [0.25, 0.3) is 21.8 Å². The molecule has 1 atom stereocenters. The Morgan fingerprint density at radius 2 is 1.96 bits per heavy atom. The summed E-state index contributed by atoms with van der Waals surface area (Å²) in [5.41, 5.74) is 1.77. The monoisotopic (exact) mass is 333 g/mol. The molecule has 124 valence electrons. The zero-order chi connectivity index (χ0) is 17.4. The van der Waals surface area contributed by atoms with Gasteiger partial charge in [0.25, 0.3) is 5.56 Å². The highest BCUT2D eigenvalue weighted by molar-refractivity contribution is 6.02. The van der Waals surface area contributed by atoms with Crippen LogP contribution >= 0.6 is 0 Å². The van der Waals surface area contributed by atoms with Crippen LogP contribution in [-0.4, -0.2) is 25.9 Å². The number of aromatic amines is 1. The number of nitrogens with one attached hydrogen (secondary N) is 2. The normalized spacial score (nSPS) is 12.4. The molecule has 4 aromatic rings. The van der Waals surface area contributed by atoms with Crippen molar-refractivity contribution >= 4 is 33.4 Å². The van der Waals surface area contributed by atoms with Gasteiger partial charge in [-0.2, -0.15) is 4.68 Å². The molecule has 2 aromatic carbocycles. The first-order valence-corrected chi connectivity index (χ1v) is 7.86. The summed E-state index contributed by atoms with van der Waals surface area (Å²) >= 11 is 0. The van der Waals surface area contributed by atoms with Crippen LogP contribution in [0.2, 0.25) is 0 Å². The highest BCUT2D eigenvalue weighted by atomic mass is 16.2. The lowest BCUT2D eigenvalue weighted by molar-refractivity contribution is -0.119. The molecule has 2 aromatic heterocycles. The molecule has 0 saturated carbocycles. The third-order valence-corrected chi connectivity index (χ3v) is 4.19. The van der Waals surface area contributed by atoms with Gasteiger partial charge in [-0.3, -0.25) is 9.59 Å². The van der Waals surface area contributed by atoms with Crippen LogP contribution in [0.15, 0.2) is 59.5 Å². The lowest BCUT2D eigenvalue weighted by atomic mass is 10.2. The fourth-order valence-corrected chi connectivity index (χ4v) is 2.80. The van der Waals surface area contributed by atoms with Gasteiger partial charge in [0, 0.05) is 17.1 Å². The number of hydrogen-bond donors (Lipinski definition) is 2. The summed E-state index contributed by atoms with van der Waals surface area (Å²) in [6.07, 6.45) is 1.81. The van der Waals surface area contributed by atoms with Crippen molar-refractivity contribution in [3.05, 3.63) is 65.1 Å². The number of benzene rings is 2. The fraction of sp³-hybridized carbons (Fsp3) is 0.111. The van der Waals surface area contributed by atoms with Crippen molar-refractivity contribution in [1.29, 1.82) is 0 Å². The highest BCUT2D eigenvalue weighted by Crippen LogP contribution is 2.23. The van der Waals surface area contributed by atoms with Gasteiger partial charge in [0.1, 0.15) is 11.6 Å². The average molecular weight is 333 g/mol. The maximum atomic E-state index is 12.6. The molecule has 0 fully saturated rings. The Labute approximate surface area is 142 Å². The van der Waals surface area contributed by atoms with Gasteiger partial charge in [-0.1, -0.05) is 23.4 Å². The van der Waals surface area contributed by atoms with Crippen LogP contribution in [0, 0.1) is 0 Å². The van der Waals surface area contributed by atoms with E-state index < -0.39 is 6.04 Å². The molecule has 0 saturated heterocycles. The van der Waals surface area contributed by atoms with E-state index in [0.717, 1.165) is 15.6 Å². The second-order valence-electron chi connectivity index (χ2n) is 5.77. The van der Waals surface area contributed by atoms with Crippen LogP contribution in [-0.2, 0) is 4.79 Å². The summed E-state index contributed by atoms with van der Waals surface area (Å²) in [4.78, 5) is 28.3. The summed E-state index contributed by atoms with van der Waals surface area (Å²) in [5.74, 6) is -0.333. The molecule has 7 nitrogen and oxygen atoms in total. The van der Waals surface area contributed by atoms with Gasteiger partial charge in [-0.25, -0.2) is 0 Å². The first-order valence-electron chi connectivity index (χ1n) is 7.86. The first kappa shape index (κ1) is 15.1. The standard InChI is InChI=1S/C18H15N5O2/c1-11(23-18(25)13-5-2-3-6-16(13)21-22-23)17(24)20-15-8-4-7-14-12(15)9-10-19-14/h2-11,19H,1H3,(H,20,24). The number of amides is 1. The van der Waals surface area contributed by atoms with Crippen LogP contribution in [0.4, 0.5) is 5.69 Å². The summed E-state index contributed by atoms with van der Waals surface area (Å²) in [5, 5.41) is 12.1. The minimum absolute atomic E-state index is 0.333. The van der Waals surface area contributed by atoms with Gasteiger partial charge in [-0.05, 0) is 37.3 Å². The quantitative estimate of drug-likeness (QED) is 0.602. The Morgan fingerprint density at radius 1 is 1.12 bits per heavy atom. The molecule has 2 N–H and O–H groups in total. The average Bonchev–Trinajstić information content (AvgIpc) is 3.11. The van der Waals surface area contributed by atoms with Crippen molar-refractivity contribution in [3.8, 4) is 0 Å². The lowest BCUT2D eigenvalue weighted by Crippen LogP contribution is -2.34. The number of rotatable bonds is 3. The summed E-state index contributed by atoms with van der Waals surface area (Å²) in [6, 6.07) is 13.6. The molecule has 0 bridgehead atoms. The van der Waals surface area contributed by atoms with E-state index in [2.05, 4.69) is 20.6 Å². The summed E-state index contributed by atoms with van der Waals surface area (Å²) in [6.45, 7) is 1.62. The van der Waals surface area contributed by atoms with Crippen molar-refractivity contribution in [2.75, 3.05) is 5.32 Å². The highest BCUT2D eigenvalue weighted by Gasteiger charge is 2.20. The van der Waals surface area contributed by atoms with Gasteiger partial charge >= 0.3 is 0 Å². The van der Waals surface area contributed by atoms with Crippen molar-refractivity contribution in [2.45, 2.75) is 13.0 Å². The SMILES string of the molecule is CC(C(=O)Nc1cccc2[nH]ccc12)n1nnc2ccccc2c1=O. The predicted octanol–water partition coefficient (Wildman–Crippen LogP) is 2.47. The maximum Gasteiger partial charge on any atom is 0.278 e. The van der Waals surface area contributed by atoms with Gasteiger partial charge in [0.2, 0.25) is 5.91 Å². The molecule has 0 aliphatic heterocycles. The zero-order valence-corrected chi connectivity index (χ0v) is 13.4. The molecule has 1 amide bonds. The Morgan fingerprint density at radius 3 is 2.84 bits per heavy atom. The van der Waals surface area contributed by atoms with E-state index in [-0.39, 0.29) is 11.5 Å². The number of fused-ring (bicyclic) bond motifs is 2. The Hall–Kier alpha value is -3.48. The van der Waals surface area contributed by atoms with Crippen molar-refractivity contribution in [3.63, 3.8) is 0 Å². The topological polar surface area (TPSA) is 92.7 Å². The molecule has 0 spiro atoms. The number of H-pyrrole nitrogens is 1. The number of nitrogens with zero attached hydrogens (tertiary/aromatic N) is 3. The number of hydrogen-bond acceptors (Lipinski definition) is 4. The van der Waals surface area contributed by atoms with Gasteiger partial charge in [-0.15, -0.1) is 5.10 Å². The number of aromatic nitrogens is 4. The van der Waals surface area contributed by atoms with Crippen molar-refractivity contribution < 1.29 is 4.79 Å². The van der Waals surface area contributed by atoms with E-state index >= 15 is 0 Å². The molecule has 25 heavy (non-hydrogen) atoms. The smallest absolute Gasteiger partial charge is 0.278 e. The molecular weight excluding hydrogens is 318 g/mol. The fourth-order valence-electron chi connectivity index (χ4n) is 2.80. The molecule has 1 unspecified atom stereocenters. The zero-order valence-electron chi connectivity index (χ0n) is 13.4. The Balaban J connectivity index is 1.68. The molecule has 0 radical (unpaired) electrons. The van der Waals surface area contributed by atoms with Crippen molar-refractivity contribution in [1.82, 2.24) is 20.0 Å². The molecular formula is C18H15N5O2. The predicted molar refractivity (Wildman–Crippen MR) is 95.4 cm³/mol. The Bertz CT molecular complexity index is 1140. The first-order chi connectivity index (χ1) is 12.1. The largest absolute Gasteiger partial charge is 0.361 e. The number of anilines is 1. The third-order valence-electron chi connectivity index (χ3n) is 4.19. The minimum Gasteiger partial charge on any atom is -0.361 e. The Kier molecular flexibility index (Phi) is 3.53. The molecule has 4 rings (SSSR count). The molecule has 7 heteroatoms. The third kappa shape index (κ3) is 2.55. The second kappa shape index (κ2) is 5.86. The molecule has 2 heterocycles. The van der Waals surface area contributed by atoms with Gasteiger partial charge in [0.05, 0.1) is 11.1 Å². The van der Waals surface area contributed by atoms with E-state index in [4.69, 9.17) is 0 Å². The molecule has 0 aliphatic carbocycles. The second-order valence-corrected chi connectivity index (χ2v) is 5.77. The summed E-state index contributed by atoms with van der Waals surface area (Å²) in [7, 11) is 0. The molecule has 0 aliphatic rings. The maximum absolute atomic E-state index is 12.6. The van der Waals surface area contributed by atoms with Gasteiger partial charge in [0.15, 0.2) is 0 Å². The number of carbonyl (C=O) groups is 1. The van der Waals surface area contributed by atoms with E-state index in [1.54, 1.807) is 31.2 Å². The van der Waals surface area contributed by atoms with Crippen LogP contribution in [0.5, 0.6) is 0 Å². The van der Waals surface area contributed by atoms with E-state index in [1.807, 2.05) is 30.5 Å².